The molecule has 0 aromatic carbocycles. The van der Waals surface area contributed by atoms with Gasteiger partial charge in [-0.1, -0.05) is 13.3 Å². The fourth-order valence-electron chi connectivity index (χ4n) is 3.20. The number of amides is 1. The van der Waals surface area contributed by atoms with Crippen LogP contribution in [0.2, 0.25) is 0 Å². The number of carbonyl (C=O) groups is 1. The number of carbonyl (C=O) groups excluding carboxylic acids is 1. The van der Waals surface area contributed by atoms with Crippen LogP contribution in [-0.2, 0) is 4.79 Å². The Morgan fingerprint density at radius 3 is 2.33 bits per heavy atom. The Labute approximate surface area is 131 Å². The van der Waals surface area contributed by atoms with Gasteiger partial charge in [0.15, 0.2) is 0 Å². The molecule has 1 heterocycles. The Balaban J connectivity index is 2.80. The van der Waals surface area contributed by atoms with Crippen LogP contribution in [0, 0.1) is 0 Å². The van der Waals surface area contributed by atoms with Crippen LogP contribution in [-0.4, -0.2) is 59.0 Å². The number of hydrogen-bond acceptors (Lipinski definition) is 3. The molecule has 124 valence electrons. The highest BCUT2D eigenvalue weighted by molar-refractivity contribution is 5.86. The lowest BCUT2D eigenvalue weighted by Crippen LogP contribution is -2.71. The molecule has 1 saturated heterocycles. The molecule has 0 spiro atoms. The van der Waals surface area contributed by atoms with Gasteiger partial charge in [-0.2, -0.15) is 0 Å². The van der Waals surface area contributed by atoms with E-state index in [1.807, 2.05) is 18.7 Å². The Morgan fingerprint density at radius 1 is 1.24 bits per heavy atom. The Bertz CT molecular complexity index is 374. The first-order chi connectivity index (χ1) is 9.44. The number of unbranched alkanes of at least 4 members (excludes halogenated alkanes) is 1. The van der Waals surface area contributed by atoms with Gasteiger partial charge < -0.3 is 10.2 Å². The summed E-state index contributed by atoms with van der Waals surface area (Å²) >= 11 is 0. The Kier molecular flexibility index (Phi) is 5.49. The largest absolute Gasteiger partial charge is 0.337 e. The van der Waals surface area contributed by atoms with Crippen molar-refractivity contribution in [3.63, 3.8) is 0 Å². The van der Waals surface area contributed by atoms with Crippen LogP contribution in [0.5, 0.6) is 0 Å². The zero-order valence-electron chi connectivity index (χ0n) is 15.3. The predicted octanol–water partition coefficient (Wildman–Crippen LogP) is 2.49. The third-order valence-corrected chi connectivity index (χ3v) is 4.85. The first-order valence-corrected chi connectivity index (χ1v) is 8.22. The van der Waals surface area contributed by atoms with Gasteiger partial charge in [-0.05, 0) is 61.6 Å². The van der Waals surface area contributed by atoms with Crippen molar-refractivity contribution >= 4 is 5.91 Å². The Hall–Kier alpha value is -0.610. The number of nitrogens with zero attached hydrogens (tertiary/aromatic N) is 2. The van der Waals surface area contributed by atoms with E-state index < -0.39 is 5.54 Å². The van der Waals surface area contributed by atoms with E-state index in [1.54, 1.807) is 0 Å². The summed E-state index contributed by atoms with van der Waals surface area (Å²) in [6.07, 6.45) is 2.37. The van der Waals surface area contributed by atoms with Crippen LogP contribution >= 0.6 is 0 Å². The maximum Gasteiger partial charge on any atom is 0.242 e. The quantitative estimate of drug-likeness (QED) is 0.765. The standard InChI is InChI=1S/C17H35N3O/c1-9-10-11-18-15(2,3)12-20-13-16(4,5)19(8)17(6,7)14(20)21/h18H,9-13H2,1-8H3. The molecule has 1 rings (SSSR count). The Morgan fingerprint density at radius 2 is 1.81 bits per heavy atom. The van der Waals surface area contributed by atoms with E-state index in [4.69, 9.17) is 0 Å². The first-order valence-electron chi connectivity index (χ1n) is 8.22. The lowest BCUT2D eigenvalue weighted by atomic mass is 9.86. The molecule has 1 aliphatic rings. The summed E-state index contributed by atoms with van der Waals surface area (Å²) in [5.41, 5.74) is -0.495. The highest BCUT2D eigenvalue weighted by Gasteiger charge is 2.49. The number of likely N-dealkylation sites (N-methyl/N-ethyl adjacent to an activating group) is 1. The van der Waals surface area contributed by atoms with Gasteiger partial charge in [0.1, 0.15) is 0 Å². The first kappa shape index (κ1) is 18.4. The summed E-state index contributed by atoms with van der Waals surface area (Å²) in [5, 5.41) is 3.59. The van der Waals surface area contributed by atoms with Gasteiger partial charge in [-0.25, -0.2) is 0 Å². The SMILES string of the molecule is CCCCNC(C)(C)CN1CC(C)(C)N(C)C(C)(C)C1=O. The van der Waals surface area contributed by atoms with E-state index in [0.29, 0.717) is 0 Å². The van der Waals surface area contributed by atoms with Gasteiger partial charge in [-0.15, -0.1) is 0 Å². The average molecular weight is 297 g/mol. The molecule has 0 unspecified atom stereocenters. The third kappa shape index (κ3) is 4.19. The second kappa shape index (κ2) is 6.25. The summed E-state index contributed by atoms with van der Waals surface area (Å²) in [5.74, 6) is 0.231. The van der Waals surface area contributed by atoms with Crippen LogP contribution in [0.25, 0.3) is 0 Å². The lowest BCUT2D eigenvalue weighted by Gasteiger charge is -2.54. The van der Waals surface area contributed by atoms with Crippen molar-refractivity contribution in [3.05, 3.63) is 0 Å². The van der Waals surface area contributed by atoms with Gasteiger partial charge in [0.25, 0.3) is 0 Å². The van der Waals surface area contributed by atoms with Crippen molar-refractivity contribution in [2.24, 2.45) is 0 Å². The molecular weight excluding hydrogens is 262 g/mol. The van der Waals surface area contributed by atoms with Crippen molar-refractivity contribution in [2.45, 2.75) is 77.9 Å². The van der Waals surface area contributed by atoms with Gasteiger partial charge in [0.2, 0.25) is 5.91 Å². The lowest BCUT2D eigenvalue weighted by molar-refractivity contribution is -0.158. The van der Waals surface area contributed by atoms with E-state index in [1.165, 1.54) is 12.8 Å². The van der Waals surface area contributed by atoms with Crippen LogP contribution < -0.4 is 5.32 Å². The normalized spacial score (nSPS) is 22.7. The third-order valence-electron chi connectivity index (χ3n) is 4.85. The summed E-state index contributed by atoms with van der Waals surface area (Å²) in [7, 11) is 2.06. The minimum atomic E-state index is -0.443. The molecule has 0 aromatic rings. The van der Waals surface area contributed by atoms with E-state index in [-0.39, 0.29) is 17.0 Å². The van der Waals surface area contributed by atoms with Gasteiger partial charge in [0.05, 0.1) is 5.54 Å². The maximum atomic E-state index is 12.8. The van der Waals surface area contributed by atoms with E-state index in [2.05, 4.69) is 51.9 Å². The van der Waals surface area contributed by atoms with Crippen LogP contribution in [0.3, 0.4) is 0 Å². The average Bonchev–Trinajstić information content (AvgIpc) is 2.34. The van der Waals surface area contributed by atoms with E-state index in [0.717, 1.165) is 19.6 Å². The summed E-state index contributed by atoms with van der Waals surface area (Å²) in [4.78, 5) is 17.1. The predicted molar refractivity (Wildman–Crippen MR) is 89.5 cm³/mol. The molecule has 21 heavy (non-hydrogen) atoms. The number of piperazine rings is 1. The highest BCUT2D eigenvalue weighted by atomic mass is 16.2. The van der Waals surface area contributed by atoms with Gasteiger partial charge >= 0.3 is 0 Å². The fraction of sp³-hybridized carbons (Fsp3) is 0.941. The van der Waals surface area contributed by atoms with Crippen molar-refractivity contribution in [1.82, 2.24) is 15.1 Å². The summed E-state index contributed by atoms with van der Waals surface area (Å²) in [6, 6.07) is 0. The number of nitrogens with one attached hydrogen (secondary N) is 1. The maximum absolute atomic E-state index is 12.8. The van der Waals surface area contributed by atoms with Gasteiger partial charge in [-0.3, -0.25) is 9.69 Å². The fourth-order valence-corrected chi connectivity index (χ4v) is 3.20. The summed E-state index contributed by atoms with van der Waals surface area (Å²) in [6.45, 7) is 17.6. The molecule has 0 bridgehead atoms. The van der Waals surface area contributed by atoms with Crippen molar-refractivity contribution < 1.29 is 4.79 Å². The van der Waals surface area contributed by atoms with E-state index >= 15 is 0 Å². The molecule has 0 atom stereocenters. The molecule has 4 heteroatoms. The zero-order valence-corrected chi connectivity index (χ0v) is 15.3. The second-order valence-corrected chi connectivity index (χ2v) is 8.26. The molecule has 1 N–H and O–H groups in total. The second-order valence-electron chi connectivity index (χ2n) is 8.26. The molecular formula is C17H35N3O. The van der Waals surface area contributed by atoms with Gasteiger partial charge in [0, 0.05) is 24.2 Å². The molecule has 0 saturated carbocycles. The van der Waals surface area contributed by atoms with Crippen molar-refractivity contribution in [1.29, 1.82) is 0 Å². The monoisotopic (exact) mass is 297 g/mol. The minimum Gasteiger partial charge on any atom is -0.337 e. The summed E-state index contributed by atoms with van der Waals surface area (Å²) < 4.78 is 0. The zero-order chi connectivity index (χ0) is 16.5. The molecule has 1 fully saturated rings. The highest BCUT2D eigenvalue weighted by Crippen LogP contribution is 2.32. The minimum absolute atomic E-state index is 0.00307. The topological polar surface area (TPSA) is 35.6 Å². The molecule has 1 aliphatic heterocycles. The molecule has 0 aromatic heterocycles. The van der Waals surface area contributed by atoms with Crippen LogP contribution in [0.15, 0.2) is 0 Å². The smallest absolute Gasteiger partial charge is 0.242 e. The van der Waals surface area contributed by atoms with Crippen molar-refractivity contribution in [3.8, 4) is 0 Å². The molecule has 4 nitrogen and oxygen atoms in total. The molecule has 1 amide bonds. The molecule has 0 aliphatic carbocycles. The number of rotatable bonds is 6. The van der Waals surface area contributed by atoms with E-state index in [9.17, 15) is 4.79 Å². The van der Waals surface area contributed by atoms with Crippen LogP contribution in [0.4, 0.5) is 0 Å². The van der Waals surface area contributed by atoms with Crippen molar-refractivity contribution in [2.75, 3.05) is 26.7 Å². The molecule has 0 radical (unpaired) electrons. The van der Waals surface area contributed by atoms with Crippen LogP contribution in [0.1, 0.15) is 61.3 Å². The number of hydrogen-bond donors (Lipinski definition) is 1.